The summed E-state index contributed by atoms with van der Waals surface area (Å²) in [5.41, 5.74) is -0.166. The third kappa shape index (κ3) is 4.58. The van der Waals surface area contributed by atoms with Crippen molar-refractivity contribution in [3.8, 4) is 5.88 Å². The molecule has 1 aromatic rings. The number of hydrogen-bond acceptors (Lipinski definition) is 5. The third-order valence-electron chi connectivity index (χ3n) is 4.02. The van der Waals surface area contributed by atoms with Gasteiger partial charge in [0.15, 0.2) is 0 Å². The van der Waals surface area contributed by atoms with Gasteiger partial charge in [-0.1, -0.05) is 19.3 Å². The number of carboxylic acid groups (broad SMARTS) is 1. The van der Waals surface area contributed by atoms with E-state index in [1.807, 2.05) is 6.92 Å². The number of hydrogen-bond donors (Lipinski definition) is 2. The van der Waals surface area contributed by atoms with Crippen molar-refractivity contribution in [3.63, 3.8) is 0 Å². The van der Waals surface area contributed by atoms with Crippen molar-refractivity contribution in [2.45, 2.75) is 45.4 Å². The summed E-state index contributed by atoms with van der Waals surface area (Å²) in [7, 11) is 0. The van der Waals surface area contributed by atoms with E-state index >= 15 is 0 Å². The van der Waals surface area contributed by atoms with Crippen LogP contribution in [0.2, 0.25) is 0 Å². The van der Waals surface area contributed by atoms with Gasteiger partial charge in [0.25, 0.3) is 0 Å². The highest BCUT2D eigenvalue weighted by Crippen LogP contribution is 2.39. The fourth-order valence-electron chi connectivity index (χ4n) is 2.98. The molecule has 2 N–H and O–H groups in total. The largest absolute Gasteiger partial charge is 0.481 e. The van der Waals surface area contributed by atoms with Crippen molar-refractivity contribution in [3.05, 3.63) is 12.4 Å². The fraction of sp³-hybridized carbons (Fsp3) is 0.667. The van der Waals surface area contributed by atoms with Gasteiger partial charge in [0.05, 0.1) is 13.0 Å². The molecule has 1 saturated carbocycles. The molecule has 21 heavy (non-hydrogen) atoms. The molecular formula is C15H23N3O3. The van der Waals surface area contributed by atoms with Crippen LogP contribution in [0.1, 0.15) is 45.4 Å². The minimum atomic E-state index is -0.726. The summed E-state index contributed by atoms with van der Waals surface area (Å²) >= 11 is 0. The van der Waals surface area contributed by atoms with Gasteiger partial charge >= 0.3 is 5.97 Å². The van der Waals surface area contributed by atoms with Crippen LogP contribution in [0, 0.1) is 5.41 Å². The number of nitrogens with one attached hydrogen (secondary N) is 1. The lowest BCUT2D eigenvalue weighted by molar-refractivity contribution is -0.140. The molecule has 0 aliphatic heterocycles. The molecule has 116 valence electrons. The maximum Gasteiger partial charge on any atom is 0.303 e. The van der Waals surface area contributed by atoms with E-state index in [9.17, 15) is 4.79 Å². The Morgan fingerprint density at radius 3 is 2.81 bits per heavy atom. The molecule has 0 amide bonds. The van der Waals surface area contributed by atoms with E-state index in [1.54, 1.807) is 6.07 Å². The molecule has 0 aromatic carbocycles. The number of ether oxygens (including phenoxy) is 1. The minimum Gasteiger partial charge on any atom is -0.481 e. The second-order valence-corrected chi connectivity index (χ2v) is 5.66. The van der Waals surface area contributed by atoms with Crippen LogP contribution in [0.15, 0.2) is 12.4 Å². The first-order valence-electron chi connectivity index (χ1n) is 7.54. The Bertz CT molecular complexity index is 473. The first-order chi connectivity index (χ1) is 10.1. The zero-order chi connectivity index (χ0) is 15.1. The highest BCUT2D eigenvalue weighted by atomic mass is 16.5. The van der Waals surface area contributed by atoms with Gasteiger partial charge in [0.2, 0.25) is 5.88 Å². The zero-order valence-corrected chi connectivity index (χ0v) is 12.5. The second kappa shape index (κ2) is 7.24. The van der Waals surface area contributed by atoms with Crippen molar-refractivity contribution in [1.29, 1.82) is 0 Å². The molecular weight excluding hydrogens is 270 g/mol. The third-order valence-corrected chi connectivity index (χ3v) is 4.02. The second-order valence-electron chi connectivity index (χ2n) is 5.66. The quantitative estimate of drug-likeness (QED) is 0.804. The van der Waals surface area contributed by atoms with Crippen molar-refractivity contribution in [2.24, 2.45) is 5.41 Å². The van der Waals surface area contributed by atoms with Crippen LogP contribution in [-0.2, 0) is 4.79 Å². The molecule has 1 fully saturated rings. The Morgan fingerprint density at radius 1 is 1.38 bits per heavy atom. The van der Waals surface area contributed by atoms with E-state index in [1.165, 1.54) is 12.7 Å². The van der Waals surface area contributed by atoms with Crippen molar-refractivity contribution < 1.29 is 14.6 Å². The molecule has 0 saturated heterocycles. The molecule has 0 atom stereocenters. The molecule has 6 heteroatoms. The van der Waals surface area contributed by atoms with Gasteiger partial charge in [-0.15, -0.1) is 0 Å². The van der Waals surface area contributed by atoms with Gasteiger partial charge in [-0.2, -0.15) is 0 Å². The number of aromatic nitrogens is 2. The van der Waals surface area contributed by atoms with Gasteiger partial charge in [0, 0.05) is 12.6 Å². The smallest absolute Gasteiger partial charge is 0.303 e. The molecule has 2 rings (SSSR count). The van der Waals surface area contributed by atoms with Gasteiger partial charge in [-0.25, -0.2) is 9.97 Å². The lowest BCUT2D eigenvalue weighted by Crippen LogP contribution is -2.34. The predicted molar refractivity (Wildman–Crippen MR) is 79.5 cm³/mol. The summed E-state index contributed by atoms with van der Waals surface area (Å²) in [5, 5.41) is 12.4. The van der Waals surface area contributed by atoms with E-state index in [4.69, 9.17) is 9.84 Å². The molecule has 1 heterocycles. The monoisotopic (exact) mass is 293 g/mol. The molecule has 1 aliphatic carbocycles. The Hall–Kier alpha value is -1.85. The molecule has 1 aromatic heterocycles. The molecule has 0 spiro atoms. The van der Waals surface area contributed by atoms with Gasteiger partial charge in [-0.3, -0.25) is 4.79 Å². The highest BCUT2D eigenvalue weighted by molar-refractivity contribution is 5.67. The minimum absolute atomic E-state index is 0.166. The van der Waals surface area contributed by atoms with Crippen molar-refractivity contribution >= 4 is 11.8 Å². The van der Waals surface area contributed by atoms with Crippen LogP contribution in [0.25, 0.3) is 0 Å². The predicted octanol–water partition coefficient (Wildman–Crippen LogP) is 2.71. The van der Waals surface area contributed by atoms with Crippen LogP contribution in [-0.4, -0.2) is 34.2 Å². The molecule has 1 aliphatic rings. The summed E-state index contributed by atoms with van der Waals surface area (Å²) in [4.78, 5) is 19.3. The van der Waals surface area contributed by atoms with E-state index in [0.717, 1.165) is 25.7 Å². The fourth-order valence-corrected chi connectivity index (χ4v) is 2.98. The number of nitrogens with zero attached hydrogens (tertiary/aromatic N) is 2. The van der Waals surface area contributed by atoms with Crippen molar-refractivity contribution in [1.82, 2.24) is 9.97 Å². The maximum absolute atomic E-state index is 11.1. The summed E-state index contributed by atoms with van der Waals surface area (Å²) < 4.78 is 5.34. The first-order valence-corrected chi connectivity index (χ1v) is 7.54. The Kier molecular flexibility index (Phi) is 5.36. The summed E-state index contributed by atoms with van der Waals surface area (Å²) in [6.07, 6.45) is 6.97. The van der Waals surface area contributed by atoms with E-state index in [2.05, 4.69) is 15.3 Å². The standard InChI is InChI=1S/C15H23N3O3/c1-2-21-13-8-12(17-11-18-13)16-10-15(9-14(19)20)6-4-3-5-7-15/h8,11H,2-7,9-10H2,1H3,(H,19,20)(H,16,17,18). The zero-order valence-electron chi connectivity index (χ0n) is 12.5. The number of carbonyl (C=O) groups is 1. The Labute approximate surface area is 124 Å². The normalized spacial score (nSPS) is 17.2. The lowest BCUT2D eigenvalue weighted by atomic mass is 9.72. The molecule has 0 bridgehead atoms. The Balaban J connectivity index is 2.00. The SMILES string of the molecule is CCOc1cc(NCC2(CC(=O)O)CCCCC2)ncn1. The van der Waals surface area contributed by atoms with Crippen LogP contribution in [0.4, 0.5) is 5.82 Å². The molecule has 0 unspecified atom stereocenters. The van der Waals surface area contributed by atoms with E-state index in [-0.39, 0.29) is 11.8 Å². The highest BCUT2D eigenvalue weighted by Gasteiger charge is 2.34. The maximum atomic E-state index is 11.1. The van der Waals surface area contributed by atoms with Crippen molar-refractivity contribution in [2.75, 3.05) is 18.5 Å². The van der Waals surface area contributed by atoms with E-state index in [0.29, 0.717) is 24.8 Å². The van der Waals surface area contributed by atoms with Gasteiger partial charge in [0.1, 0.15) is 12.1 Å². The number of rotatable bonds is 7. The van der Waals surface area contributed by atoms with Crippen LogP contribution in [0.3, 0.4) is 0 Å². The average molecular weight is 293 g/mol. The van der Waals surface area contributed by atoms with E-state index < -0.39 is 5.97 Å². The van der Waals surface area contributed by atoms with Crippen LogP contribution in [0.5, 0.6) is 5.88 Å². The van der Waals surface area contributed by atoms with Crippen LogP contribution < -0.4 is 10.1 Å². The van der Waals surface area contributed by atoms with Gasteiger partial charge in [-0.05, 0) is 25.2 Å². The topological polar surface area (TPSA) is 84.3 Å². The Morgan fingerprint density at radius 2 is 2.14 bits per heavy atom. The molecule has 6 nitrogen and oxygen atoms in total. The average Bonchev–Trinajstić information content (AvgIpc) is 2.46. The summed E-state index contributed by atoms with van der Waals surface area (Å²) in [6, 6.07) is 1.75. The first kappa shape index (κ1) is 15.5. The number of anilines is 1. The number of carboxylic acids is 1. The summed E-state index contributed by atoms with van der Waals surface area (Å²) in [5.74, 6) is 0.492. The molecule has 0 radical (unpaired) electrons. The number of aliphatic carboxylic acids is 1. The van der Waals surface area contributed by atoms with Crippen LogP contribution >= 0.6 is 0 Å². The summed E-state index contributed by atoms with van der Waals surface area (Å²) in [6.45, 7) is 3.08. The lowest BCUT2D eigenvalue weighted by Gasteiger charge is -2.36. The van der Waals surface area contributed by atoms with Gasteiger partial charge < -0.3 is 15.2 Å².